The highest BCUT2D eigenvalue weighted by Crippen LogP contribution is 2.27. The Hall–Kier alpha value is -2.78. The summed E-state index contributed by atoms with van der Waals surface area (Å²) in [4.78, 5) is 12.0. The zero-order chi connectivity index (χ0) is 23.6. The molecular weight excluding hydrogens is 432 g/mol. The lowest BCUT2D eigenvalue weighted by Crippen LogP contribution is -2.35. The third-order valence-electron chi connectivity index (χ3n) is 4.79. The Labute approximate surface area is 190 Å². The number of benzene rings is 2. The van der Waals surface area contributed by atoms with Crippen LogP contribution in [0.15, 0.2) is 47.4 Å². The van der Waals surface area contributed by atoms with E-state index in [0.29, 0.717) is 23.7 Å². The van der Waals surface area contributed by atoms with Crippen LogP contribution in [0.1, 0.15) is 32.3 Å². The second-order valence-electron chi connectivity index (χ2n) is 7.35. The fourth-order valence-electron chi connectivity index (χ4n) is 3.13. The normalized spacial score (nSPS) is 12.1. The van der Waals surface area contributed by atoms with Gasteiger partial charge in [0.05, 0.1) is 19.1 Å². The molecule has 0 saturated carbocycles. The average Bonchev–Trinajstić information content (AvgIpc) is 2.78. The molecule has 2 N–H and O–H groups in total. The maximum atomic E-state index is 12.5. The molecule has 0 spiro atoms. The summed E-state index contributed by atoms with van der Waals surface area (Å²) in [6.45, 7) is 4.11. The van der Waals surface area contributed by atoms with Gasteiger partial charge in [0.2, 0.25) is 10.0 Å². The van der Waals surface area contributed by atoms with Gasteiger partial charge in [-0.1, -0.05) is 19.4 Å². The summed E-state index contributed by atoms with van der Waals surface area (Å²) in [5.41, 5.74) is 0.917. The Morgan fingerprint density at radius 2 is 1.72 bits per heavy atom. The molecule has 1 amide bonds. The van der Waals surface area contributed by atoms with E-state index in [1.165, 1.54) is 24.3 Å². The van der Waals surface area contributed by atoms with Crippen molar-refractivity contribution in [3.8, 4) is 17.2 Å². The molecule has 1 atom stereocenters. The summed E-state index contributed by atoms with van der Waals surface area (Å²) >= 11 is 0. The van der Waals surface area contributed by atoms with Crippen molar-refractivity contribution >= 4 is 15.9 Å². The lowest BCUT2D eigenvalue weighted by molar-refractivity contribution is -0.123. The van der Waals surface area contributed by atoms with Gasteiger partial charge < -0.3 is 19.5 Å². The van der Waals surface area contributed by atoms with E-state index in [-0.39, 0.29) is 30.0 Å². The van der Waals surface area contributed by atoms with Crippen molar-refractivity contribution in [1.82, 2.24) is 10.0 Å². The number of ether oxygens (including phenoxy) is 3. The molecule has 176 valence electrons. The summed E-state index contributed by atoms with van der Waals surface area (Å²) in [6.07, 6.45) is 2.38. The van der Waals surface area contributed by atoms with Crippen LogP contribution in [0.4, 0.5) is 0 Å². The molecule has 0 saturated heterocycles. The smallest absolute Gasteiger partial charge is 0.258 e. The fourth-order valence-corrected chi connectivity index (χ4v) is 4.17. The number of carbonyl (C=O) groups is 1. The van der Waals surface area contributed by atoms with Crippen LogP contribution in [0.2, 0.25) is 0 Å². The van der Waals surface area contributed by atoms with Crippen LogP contribution >= 0.6 is 0 Å². The number of rotatable bonds is 13. The minimum Gasteiger partial charge on any atom is -0.493 e. The minimum absolute atomic E-state index is 0.0914. The van der Waals surface area contributed by atoms with Crippen molar-refractivity contribution in [1.29, 1.82) is 0 Å². The van der Waals surface area contributed by atoms with Crippen molar-refractivity contribution in [2.45, 2.75) is 44.0 Å². The van der Waals surface area contributed by atoms with Crippen LogP contribution in [0, 0.1) is 0 Å². The molecule has 0 fully saturated rings. The highest BCUT2D eigenvalue weighted by atomic mass is 32.2. The van der Waals surface area contributed by atoms with Crippen molar-refractivity contribution in [2.75, 3.05) is 27.4 Å². The first-order valence-corrected chi connectivity index (χ1v) is 12.0. The van der Waals surface area contributed by atoms with Gasteiger partial charge in [0.25, 0.3) is 5.91 Å². The molecule has 0 aromatic heterocycles. The van der Waals surface area contributed by atoms with E-state index < -0.39 is 10.0 Å². The molecule has 0 aliphatic heterocycles. The van der Waals surface area contributed by atoms with Crippen LogP contribution in [0.5, 0.6) is 17.2 Å². The molecule has 2 aromatic carbocycles. The van der Waals surface area contributed by atoms with Gasteiger partial charge in [0.15, 0.2) is 18.1 Å². The molecule has 8 nitrogen and oxygen atoms in total. The zero-order valence-corrected chi connectivity index (χ0v) is 19.8. The number of hydrogen-bond acceptors (Lipinski definition) is 6. The number of methoxy groups -OCH3 is 2. The van der Waals surface area contributed by atoms with Crippen molar-refractivity contribution in [3.63, 3.8) is 0 Å². The quantitative estimate of drug-likeness (QED) is 0.473. The Kier molecular flexibility index (Phi) is 9.80. The van der Waals surface area contributed by atoms with Crippen LogP contribution < -0.4 is 24.2 Å². The van der Waals surface area contributed by atoms with Crippen molar-refractivity contribution in [3.05, 3.63) is 48.0 Å². The van der Waals surface area contributed by atoms with Crippen LogP contribution in [0.3, 0.4) is 0 Å². The van der Waals surface area contributed by atoms with E-state index in [9.17, 15) is 13.2 Å². The maximum Gasteiger partial charge on any atom is 0.258 e. The first-order valence-electron chi connectivity index (χ1n) is 10.5. The molecule has 0 heterocycles. The van der Waals surface area contributed by atoms with Crippen molar-refractivity contribution < 1.29 is 27.4 Å². The van der Waals surface area contributed by atoms with E-state index in [1.54, 1.807) is 20.3 Å². The molecule has 2 aromatic rings. The molecule has 0 radical (unpaired) electrons. The molecule has 0 aliphatic carbocycles. The fraction of sp³-hybridized carbons (Fsp3) is 0.435. The van der Waals surface area contributed by atoms with Crippen LogP contribution in [0.25, 0.3) is 0 Å². The maximum absolute atomic E-state index is 12.5. The van der Waals surface area contributed by atoms with Gasteiger partial charge in [-0.25, -0.2) is 13.1 Å². The van der Waals surface area contributed by atoms with E-state index in [1.807, 2.05) is 19.1 Å². The molecule has 2 rings (SSSR count). The summed E-state index contributed by atoms with van der Waals surface area (Å²) in [7, 11) is -0.557. The SMILES string of the molecule is CCC[C@@H](C)NC(=O)COc1ccc(S(=O)(=O)NCCc2ccc(OC)c(OC)c2)cc1. The molecule has 0 aliphatic rings. The number of hydrogen-bond donors (Lipinski definition) is 2. The second kappa shape index (κ2) is 12.3. The molecular formula is C23H32N2O6S. The summed E-state index contributed by atoms with van der Waals surface area (Å²) in [5.74, 6) is 1.43. The lowest BCUT2D eigenvalue weighted by atomic mass is 10.1. The van der Waals surface area contributed by atoms with Gasteiger partial charge in [-0.2, -0.15) is 0 Å². The Morgan fingerprint density at radius 1 is 1.03 bits per heavy atom. The first-order chi connectivity index (χ1) is 15.3. The highest BCUT2D eigenvalue weighted by molar-refractivity contribution is 7.89. The molecule has 0 unspecified atom stereocenters. The Balaban J connectivity index is 1.86. The standard InChI is InChI=1S/C23H32N2O6S/c1-5-6-17(2)25-23(26)16-31-19-8-10-20(11-9-19)32(27,28)24-14-13-18-7-12-21(29-3)22(15-18)30-4/h7-12,15,17,24H,5-6,13-14,16H2,1-4H3,(H,25,26)/t17-/m1/s1. The first kappa shape index (κ1) is 25.5. The van der Waals surface area contributed by atoms with Crippen LogP contribution in [-0.4, -0.2) is 47.7 Å². The predicted molar refractivity (Wildman–Crippen MR) is 123 cm³/mol. The van der Waals surface area contributed by atoms with Crippen molar-refractivity contribution in [2.24, 2.45) is 0 Å². The van der Waals surface area contributed by atoms with Gasteiger partial charge in [-0.3, -0.25) is 4.79 Å². The third kappa shape index (κ3) is 7.72. The van der Waals surface area contributed by atoms with E-state index in [0.717, 1.165) is 18.4 Å². The molecule has 9 heteroatoms. The predicted octanol–water partition coefficient (Wildman–Crippen LogP) is 2.91. The monoisotopic (exact) mass is 464 g/mol. The van der Waals surface area contributed by atoms with Gasteiger partial charge in [0.1, 0.15) is 5.75 Å². The minimum atomic E-state index is -3.67. The number of carbonyl (C=O) groups excluding carboxylic acids is 1. The average molecular weight is 465 g/mol. The highest BCUT2D eigenvalue weighted by Gasteiger charge is 2.14. The van der Waals surface area contributed by atoms with Gasteiger partial charge in [0, 0.05) is 12.6 Å². The lowest BCUT2D eigenvalue weighted by Gasteiger charge is -2.13. The largest absolute Gasteiger partial charge is 0.493 e. The second-order valence-corrected chi connectivity index (χ2v) is 9.12. The number of sulfonamides is 1. The van der Waals surface area contributed by atoms with Gasteiger partial charge >= 0.3 is 0 Å². The van der Waals surface area contributed by atoms with Crippen LogP contribution in [-0.2, 0) is 21.2 Å². The third-order valence-corrected chi connectivity index (χ3v) is 6.26. The topological polar surface area (TPSA) is 103 Å². The zero-order valence-electron chi connectivity index (χ0n) is 19.0. The number of nitrogens with one attached hydrogen (secondary N) is 2. The Bertz CT molecular complexity index is 976. The Morgan fingerprint density at radius 3 is 2.34 bits per heavy atom. The summed E-state index contributed by atoms with van der Waals surface area (Å²) < 4.78 is 43.6. The molecule has 0 bridgehead atoms. The summed E-state index contributed by atoms with van der Waals surface area (Å²) in [6, 6.07) is 11.5. The number of amides is 1. The van der Waals surface area contributed by atoms with Gasteiger partial charge in [-0.15, -0.1) is 0 Å². The van der Waals surface area contributed by atoms with E-state index in [4.69, 9.17) is 14.2 Å². The van der Waals surface area contributed by atoms with Gasteiger partial charge in [-0.05, 0) is 61.7 Å². The summed E-state index contributed by atoms with van der Waals surface area (Å²) in [5, 5.41) is 2.85. The van der Waals surface area contributed by atoms with E-state index >= 15 is 0 Å². The molecule has 32 heavy (non-hydrogen) atoms. The van der Waals surface area contributed by atoms with E-state index in [2.05, 4.69) is 17.0 Å².